The summed E-state index contributed by atoms with van der Waals surface area (Å²) in [6.45, 7) is 2.04. The maximum absolute atomic E-state index is 6.05. The number of halogens is 1. The van der Waals surface area contributed by atoms with Crippen LogP contribution in [0.2, 0.25) is 5.02 Å². The summed E-state index contributed by atoms with van der Waals surface area (Å²) in [5.74, 6) is 0. The minimum absolute atomic E-state index is 0.00230. The average molecular weight is 280 g/mol. The highest BCUT2D eigenvalue weighted by Gasteiger charge is 2.07. The van der Waals surface area contributed by atoms with E-state index < -0.39 is 0 Å². The van der Waals surface area contributed by atoms with E-state index in [2.05, 4.69) is 9.97 Å². The molecule has 2 heterocycles. The zero-order valence-corrected chi connectivity index (χ0v) is 11.6. The lowest BCUT2D eigenvalue weighted by atomic mass is 10.1. The molecule has 2 rings (SSSR count). The van der Waals surface area contributed by atoms with Crippen molar-refractivity contribution in [3.8, 4) is 0 Å². The number of nitrogens with two attached hydrogens (primary N) is 1. The maximum atomic E-state index is 6.05. The number of hydrogen-bond donors (Lipinski definition) is 1. The zero-order chi connectivity index (χ0) is 13.0. The Bertz CT molecular complexity index is 516. The van der Waals surface area contributed by atoms with Crippen LogP contribution in [0.15, 0.2) is 46.6 Å². The molecule has 0 aliphatic heterocycles. The molecule has 0 aliphatic rings. The van der Waals surface area contributed by atoms with Gasteiger partial charge in [0.15, 0.2) is 0 Å². The topological polar surface area (TPSA) is 51.8 Å². The van der Waals surface area contributed by atoms with Gasteiger partial charge >= 0.3 is 0 Å². The number of hydrogen-bond acceptors (Lipinski definition) is 4. The first-order valence-electron chi connectivity index (χ1n) is 5.70. The molecule has 2 N–H and O–H groups in total. The number of nitrogens with zero attached hydrogens (tertiary/aromatic N) is 2. The fourth-order valence-electron chi connectivity index (χ4n) is 1.44. The summed E-state index contributed by atoms with van der Waals surface area (Å²) in [4.78, 5) is 9.59. The lowest BCUT2D eigenvalue weighted by Gasteiger charge is -2.08. The summed E-state index contributed by atoms with van der Waals surface area (Å²) in [5, 5.41) is 1.44. The van der Waals surface area contributed by atoms with Crippen LogP contribution in [0.1, 0.15) is 25.1 Å². The molecule has 94 valence electrons. The lowest BCUT2D eigenvalue weighted by Crippen LogP contribution is -2.10. The molecule has 0 spiro atoms. The van der Waals surface area contributed by atoms with Crippen LogP contribution in [-0.4, -0.2) is 9.97 Å². The van der Waals surface area contributed by atoms with Gasteiger partial charge in [0.1, 0.15) is 5.03 Å². The van der Waals surface area contributed by atoms with E-state index in [4.69, 9.17) is 17.3 Å². The predicted molar refractivity (Wildman–Crippen MR) is 74.8 cm³/mol. The maximum Gasteiger partial charge on any atom is 0.119 e. The second-order valence-corrected chi connectivity index (χ2v) is 5.30. The van der Waals surface area contributed by atoms with E-state index in [1.807, 2.05) is 31.2 Å². The Morgan fingerprint density at radius 2 is 2.17 bits per heavy atom. The minimum Gasteiger partial charge on any atom is -0.323 e. The first-order valence-corrected chi connectivity index (χ1v) is 6.90. The molecule has 0 aromatic carbocycles. The van der Waals surface area contributed by atoms with Gasteiger partial charge in [-0.25, -0.2) is 4.98 Å². The van der Waals surface area contributed by atoms with Gasteiger partial charge in [-0.3, -0.25) is 4.98 Å². The predicted octanol–water partition coefficient (Wildman–Crippen LogP) is 3.69. The fourth-order valence-corrected chi connectivity index (χ4v) is 2.42. The summed E-state index contributed by atoms with van der Waals surface area (Å²) in [6, 6.07) is 7.59. The Morgan fingerprint density at radius 3 is 2.78 bits per heavy atom. The first-order chi connectivity index (χ1) is 8.70. The van der Waals surface area contributed by atoms with Gasteiger partial charge in [0.05, 0.1) is 10.7 Å². The molecule has 5 heteroatoms. The van der Waals surface area contributed by atoms with Gasteiger partial charge in [0.25, 0.3) is 0 Å². The third-order valence-corrected chi connectivity index (χ3v) is 3.93. The average Bonchev–Trinajstić information content (AvgIpc) is 2.41. The van der Waals surface area contributed by atoms with Crippen molar-refractivity contribution in [3.63, 3.8) is 0 Å². The Hall–Kier alpha value is -1.10. The number of aromatic nitrogens is 2. The summed E-state index contributed by atoms with van der Waals surface area (Å²) in [5.41, 5.74) is 6.83. The SMILES string of the molecule is CC[C@@H](N)c1ccc(Sc2ncccc2Cl)cn1. The standard InChI is InChI=1S/C13H14ClN3S/c1-2-11(15)12-6-5-9(8-17-12)18-13-10(14)4-3-7-16-13/h3-8,11H,2,15H2,1H3/t11-/m1/s1. The Labute approximate surface area is 116 Å². The highest BCUT2D eigenvalue weighted by Crippen LogP contribution is 2.30. The summed E-state index contributed by atoms with van der Waals surface area (Å²) < 4.78 is 0. The van der Waals surface area contributed by atoms with E-state index >= 15 is 0 Å². The van der Waals surface area contributed by atoms with Gasteiger partial charge in [-0.15, -0.1) is 0 Å². The monoisotopic (exact) mass is 279 g/mol. The highest BCUT2D eigenvalue weighted by molar-refractivity contribution is 7.99. The zero-order valence-electron chi connectivity index (χ0n) is 10.0. The number of rotatable bonds is 4. The third-order valence-electron chi connectivity index (χ3n) is 2.52. The van der Waals surface area contributed by atoms with E-state index in [1.165, 1.54) is 11.8 Å². The molecule has 18 heavy (non-hydrogen) atoms. The summed E-state index contributed by atoms with van der Waals surface area (Å²) in [6.07, 6.45) is 4.41. The van der Waals surface area contributed by atoms with Crippen LogP contribution < -0.4 is 5.73 Å². The Balaban J connectivity index is 2.14. The molecule has 1 atom stereocenters. The van der Waals surface area contributed by atoms with E-state index in [1.54, 1.807) is 12.4 Å². The second kappa shape index (κ2) is 6.18. The van der Waals surface area contributed by atoms with Crippen LogP contribution in [0.3, 0.4) is 0 Å². The molecule has 0 unspecified atom stereocenters. The van der Waals surface area contributed by atoms with E-state index in [-0.39, 0.29) is 6.04 Å². The molecule has 0 bridgehead atoms. The van der Waals surface area contributed by atoms with Crippen molar-refractivity contribution < 1.29 is 0 Å². The van der Waals surface area contributed by atoms with Crippen LogP contribution in [-0.2, 0) is 0 Å². The van der Waals surface area contributed by atoms with Crippen molar-refractivity contribution in [1.82, 2.24) is 9.97 Å². The van der Waals surface area contributed by atoms with Crippen molar-refractivity contribution in [2.75, 3.05) is 0 Å². The lowest BCUT2D eigenvalue weighted by molar-refractivity contribution is 0.674. The first kappa shape index (κ1) is 13.3. The number of pyridine rings is 2. The van der Waals surface area contributed by atoms with Crippen LogP contribution in [0.5, 0.6) is 0 Å². The molecule has 0 saturated carbocycles. The molecular weight excluding hydrogens is 266 g/mol. The highest BCUT2D eigenvalue weighted by atomic mass is 35.5. The molecule has 0 amide bonds. The molecule has 0 aliphatic carbocycles. The normalized spacial score (nSPS) is 12.4. The summed E-state index contributed by atoms with van der Waals surface area (Å²) >= 11 is 7.55. The third kappa shape index (κ3) is 3.22. The van der Waals surface area contributed by atoms with Crippen molar-refractivity contribution in [2.24, 2.45) is 5.73 Å². The Morgan fingerprint density at radius 1 is 1.33 bits per heavy atom. The van der Waals surface area contributed by atoms with Crippen LogP contribution in [0.25, 0.3) is 0 Å². The second-order valence-electron chi connectivity index (χ2n) is 3.83. The quantitative estimate of drug-likeness (QED) is 0.927. The van der Waals surface area contributed by atoms with Crippen molar-refractivity contribution >= 4 is 23.4 Å². The molecule has 0 saturated heterocycles. The molecule has 2 aromatic rings. The van der Waals surface area contributed by atoms with Crippen LogP contribution >= 0.6 is 23.4 Å². The van der Waals surface area contributed by atoms with Crippen molar-refractivity contribution in [1.29, 1.82) is 0 Å². The Kier molecular flexibility index (Phi) is 4.58. The van der Waals surface area contributed by atoms with Crippen LogP contribution in [0.4, 0.5) is 0 Å². The molecule has 2 aromatic heterocycles. The van der Waals surface area contributed by atoms with Crippen LogP contribution in [0, 0.1) is 0 Å². The minimum atomic E-state index is 0.00230. The van der Waals surface area contributed by atoms with Gasteiger partial charge in [0, 0.05) is 23.3 Å². The van der Waals surface area contributed by atoms with E-state index in [0.717, 1.165) is 22.0 Å². The van der Waals surface area contributed by atoms with E-state index in [0.29, 0.717) is 5.02 Å². The largest absolute Gasteiger partial charge is 0.323 e. The van der Waals surface area contributed by atoms with Gasteiger partial charge in [-0.05, 0) is 30.7 Å². The fraction of sp³-hybridized carbons (Fsp3) is 0.231. The molecule has 0 radical (unpaired) electrons. The molecule has 3 nitrogen and oxygen atoms in total. The van der Waals surface area contributed by atoms with Gasteiger partial charge in [-0.1, -0.05) is 30.3 Å². The van der Waals surface area contributed by atoms with Crippen molar-refractivity contribution in [2.45, 2.75) is 29.3 Å². The molecular formula is C13H14ClN3S. The van der Waals surface area contributed by atoms with Crippen molar-refractivity contribution in [3.05, 3.63) is 47.4 Å². The van der Waals surface area contributed by atoms with Gasteiger partial charge in [-0.2, -0.15) is 0 Å². The summed E-state index contributed by atoms with van der Waals surface area (Å²) in [7, 11) is 0. The smallest absolute Gasteiger partial charge is 0.119 e. The van der Waals surface area contributed by atoms with E-state index in [9.17, 15) is 0 Å². The van der Waals surface area contributed by atoms with Gasteiger partial charge in [0.2, 0.25) is 0 Å². The van der Waals surface area contributed by atoms with Gasteiger partial charge < -0.3 is 5.73 Å². The molecule has 0 fully saturated rings.